The molecule has 0 amide bonds. The van der Waals surface area contributed by atoms with E-state index in [-0.39, 0.29) is 5.69 Å². The Bertz CT molecular complexity index is 552. The maximum absolute atomic E-state index is 11.7. The summed E-state index contributed by atoms with van der Waals surface area (Å²) in [6.45, 7) is 2.34. The van der Waals surface area contributed by atoms with Gasteiger partial charge in [-0.05, 0) is 18.6 Å². The third-order valence-corrected chi connectivity index (χ3v) is 2.39. The molecular weight excluding hydrogens is 216 g/mol. The van der Waals surface area contributed by atoms with E-state index in [2.05, 4.69) is 4.98 Å². The van der Waals surface area contributed by atoms with E-state index < -0.39 is 5.97 Å². The average molecular weight is 230 g/mol. The van der Waals surface area contributed by atoms with Gasteiger partial charge >= 0.3 is 5.97 Å². The number of benzene rings is 1. The smallest absolute Gasteiger partial charge is 0.357 e. The van der Waals surface area contributed by atoms with Crippen LogP contribution in [0.1, 0.15) is 23.8 Å². The van der Waals surface area contributed by atoms with Crippen LogP contribution in [0, 0.1) is 0 Å². The van der Waals surface area contributed by atoms with Crippen LogP contribution in [0.4, 0.5) is 5.69 Å². The molecule has 2 rings (SSSR count). The number of nitrogens with zero attached hydrogens (tertiary/aromatic N) is 1. The summed E-state index contributed by atoms with van der Waals surface area (Å²) in [5.41, 5.74) is 7.38. The molecule has 17 heavy (non-hydrogen) atoms. The first kappa shape index (κ1) is 11.4. The maximum Gasteiger partial charge on any atom is 0.357 e. The van der Waals surface area contributed by atoms with Crippen LogP contribution in [-0.4, -0.2) is 17.6 Å². The van der Waals surface area contributed by atoms with Gasteiger partial charge in [0.25, 0.3) is 0 Å². The number of hydrogen-bond donors (Lipinski definition) is 1. The molecule has 0 aliphatic carbocycles. The fourth-order valence-corrected chi connectivity index (χ4v) is 1.58. The summed E-state index contributed by atoms with van der Waals surface area (Å²) in [6.07, 6.45) is 0.787. The monoisotopic (exact) mass is 230 g/mol. The van der Waals surface area contributed by atoms with E-state index in [0.29, 0.717) is 17.8 Å². The Morgan fingerprint density at radius 1 is 1.41 bits per heavy atom. The zero-order valence-corrected chi connectivity index (χ0v) is 9.64. The molecule has 1 aromatic carbocycles. The van der Waals surface area contributed by atoms with Gasteiger partial charge in [-0.1, -0.05) is 25.1 Å². The van der Waals surface area contributed by atoms with Crippen molar-refractivity contribution >= 4 is 22.6 Å². The number of pyridine rings is 1. The Hall–Kier alpha value is -2.10. The number of nitrogens with two attached hydrogens (primary N) is 1. The zero-order chi connectivity index (χ0) is 12.3. The minimum atomic E-state index is -0.427. The number of carbonyl (C=O) groups is 1. The molecule has 1 heterocycles. The van der Waals surface area contributed by atoms with Gasteiger partial charge < -0.3 is 10.5 Å². The number of ether oxygens (including phenoxy) is 1. The fraction of sp³-hybridized carbons (Fsp3) is 0.231. The molecule has 1 aromatic heterocycles. The zero-order valence-electron chi connectivity index (χ0n) is 9.64. The highest BCUT2D eigenvalue weighted by Crippen LogP contribution is 2.20. The van der Waals surface area contributed by atoms with Gasteiger partial charge in [0.1, 0.15) is 0 Å². The third kappa shape index (κ3) is 2.36. The highest BCUT2D eigenvalue weighted by Gasteiger charge is 2.11. The van der Waals surface area contributed by atoms with Gasteiger partial charge in [-0.15, -0.1) is 0 Å². The highest BCUT2D eigenvalue weighted by atomic mass is 16.5. The third-order valence-electron chi connectivity index (χ3n) is 2.39. The number of carbonyl (C=O) groups excluding carboxylic acids is 1. The van der Waals surface area contributed by atoms with Gasteiger partial charge in [0.15, 0.2) is 5.69 Å². The van der Waals surface area contributed by atoms with E-state index in [1.807, 2.05) is 31.2 Å². The molecule has 0 aliphatic heterocycles. The second-order valence-corrected chi connectivity index (χ2v) is 3.75. The van der Waals surface area contributed by atoms with E-state index >= 15 is 0 Å². The van der Waals surface area contributed by atoms with Crippen molar-refractivity contribution in [2.45, 2.75) is 13.3 Å². The molecule has 0 bridgehead atoms. The number of anilines is 1. The van der Waals surface area contributed by atoms with E-state index in [1.54, 1.807) is 6.07 Å². The van der Waals surface area contributed by atoms with Crippen LogP contribution in [0.5, 0.6) is 0 Å². The summed E-state index contributed by atoms with van der Waals surface area (Å²) in [5, 5.41) is 0.847. The molecule has 0 saturated carbocycles. The SMILES string of the molecule is CCCOC(=O)c1cc(N)c2ccccc2n1. The Balaban J connectivity index is 2.39. The largest absolute Gasteiger partial charge is 0.461 e. The van der Waals surface area contributed by atoms with Crippen LogP contribution in [0.25, 0.3) is 10.9 Å². The Morgan fingerprint density at radius 3 is 2.94 bits per heavy atom. The molecule has 2 aromatic rings. The van der Waals surface area contributed by atoms with Crippen molar-refractivity contribution in [1.29, 1.82) is 0 Å². The van der Waals surface area contributed by atoms with Crippen molar-refractivity contribution < 1.29 is 9.53 Å². The lowest BCUT2D eigenvalue weighted by atomic mass is 10.1. The number of rotatable bonds is 3. The van der Waals surface area contributed by atoms with Crippen LogP contribution >= 0.6 is 0 Å². The molecule has 2 N–H and O–H groups in total. The van der Waals surface area contributed by atoms with Crippen LogP contribution in [-0.2, 0) is 4.74 Å². The van der Waals surface area contributed by atoms with Gasteiger partial charge in [0.05, 0.1) is 12.1 Å². The predicted octanol–water partition coefficient (Wildman–Crippen LogP) is 2.38. The van der Waals surface area contributed by atoms with E-state index in [4.69, 9.17) is 10.5 Å². The summed E-state index contributed by atoms with van der Waals surface area (Å²) < 4.78 is 5.02. The number of para-hydroxylation sites is 1. The molecular formula is C13H14N2O2. The summed E-state index contributed by atoms with van der Waals surface area (Å²) >= 11 is 0. The van der Waals surface area contributed by atoms with Gasteiger partial charge in [-0.3, -0.25) is 0 Å². The molecule has 0 saturated heterocycles. The van der Waals surface area contributed by atoms with Crippen molar-refractivity contribution in [1.82, 2.24) is 4.98 Å². The topological polar surface area (TPSA) is 65.2 Å². The lowest BCUT2D eigenvalue weighted by molar-refractivity contribution is 0.0499. The normalized spacial score (nSPS) is 10.4. The average Bonchev–Trinajstić information content (AvgIpc) is 2.36. The highest BCUT2D eigenvalue weighted by molar-refractivity contribution is 5.96. The first-order valence-electron chi connectivity index (χ1n) is 5.54. The summed E-state index contributed by atoms with van der Waals surface area (Å²) in [5.74, 6) is -0.427. The predicted molar refractivity (Wildman–Crippen MR) is 66.7 cm³/mol. The summed E-state index contributed by atoms with van der Waals surface area (Å²) in [7, 11) is 0. The number of fused-ring (bicyclic) bond motifs is 1. The van der Waals surface area contributed by atoms with Crippen LogP contribution < -0.4 is 5.73 Å². The Labute approximate surface area is 99.4 Å². The van der Waals surface area contributed by atoms with Crippen molar-refractivity contribution in [3.8, 4) is 0 Å². The lowest BCUT2D eigenvalue weighted by Crippen LogP contribution is -2.09. The minimum absolute atomic E-state index is 0.259. The Morgan fingerprint density at radius 2 is 2.18 bits per heavy atom. The van der Waals surface area contributed by atoms with E-state index in [9.17, 15) is 4.79 Å². The second kappa shape index (κ2) is 4.82. The van der Waals surface area contributed by atoms with Crippen molar-refractivity contribution in [3.63, 3.8) is 0 Å². The van der Waals surface area contributed by atoms with E-state index in [1.165, 1.54) is 0 Å². The maximum atomic E-state index is 11.7. The summed E-state index contributed by atoms with van der Waals surface area (Å²) in [6, 6.07) is 8.99. The Kier molecular flexibility index (Phi) is 3.23. The molecule has 0 radical (unpaired) electrons. The van der Waals surface area contributed by atoms with Gasteiger partial charge in [-0.25, -0.2) is 9.78 Å². The molecule has 0 unspecified atom stereocenters. The van der Waals surface area contributed by atoms with Crippen molar-refractivity contribution in [2.24, 2.45) is 0 Å². The second-order valence-electron chi connectivity index (χ2n) is 3.75. The van der Waals surface area contributed by atoms with Crippen LogP contribution in [0.15, 0.2) is 30.3 Å². The van der Waals surface area contributed by atoms with Crippen molar-refractivity contribution in [2.75, 3.05) is 12.3 Å². The fourth-order valence-electron chi connectivity index (χ4n) is 1.58. The molecule has 0 fully saturated rings. The molecule has 4 nitrogen and oxygen atoms in total. The number of aromatic nitrogens is 1. The van der Waals surface area contributed by atoms with Crippen molar-refractivity contribution in [3.05, 3.63) is 36.0 Å². The molecule has 0 aliphatic rings. The lowest BCUT2D eigenvalue weighted by Gasteiger charge is -2.06. The minimum Gasteiger partial charge on any atom is -0.461 e. The van der Waals surface area contributed by atoms with Crippen LogP contribution in [0.2, 0.25) is 0 Å². The first-order chi connectivity index (χ1) is 8.22. The van der Waals surface area contributed by atoms with Gasteiger partial charge in [0.2, 0.25) is 0 Å². The van der Waals surface area contributed by atoms with Crippen LogP contribution in [0.3, 0.4) is 0 Å². The molecule has 0 atom stereocenters. The quantitative estimate of drug-likeness (QED) is 0.822. The van der Waals surface area contributed by atoms with Gasteiger partial charge in [0, 0.05) is 11.1 Å². The standard InChI is InChI=1S/C13H14N2O2/c1-2-7-17-13(16)12-8-10(14)9-5-3-4-6-11(9)15-12/h3-6,8H,2,7H2,1H3,(H2,14,15). The first-order valence-corrected chi connectivity index (χ1v) is 5.54. The number of esters is 1. The molecule has 4 heteroatoms. The molecule has 88 valence electrons. The summed E-state index contributed by atoms with van der Waals surface area (Å²) in [4.78, 5) is 15.9. The molecule has 0 spiro atoms. The van der Waals surface area contributed by atoms with E-state index in [0.717, 1.165) is 11.8 Å². The van der Waals surface area contributed by atoms with Gasteiger partial charge in [-0.2, -0.15) is 0 Å². The number of nitrogen functional groups attached to an aromatic ring is 1. The number of hydrogen-bond acceptors (Lipinski definition) is 4.